The molecule has 0 amide bonds. The molecule has 114 valence electrons. The molecule has 19 heavy (non-hydrogen) atoms. The van der Waals surface area contributed by atoms with Crippen molar-refractivity contribution in [1.29, 1.82) is 0 Å². The first-order valence-corrected chi connectivity index (χ1v) is 7.99. The molecule has 0 saturated carbocycles. The summed E-state index contributed by atoms with van der Waals surface area (Å²) in [5.41, 5.74) is 0. The maximum absolute atomic E-state index is 11.5. The minimum absolute atomic E-state index is 0.0768. The molecule has 0 unspecified atom stereocenters. The van der Waals surface area contributed by atoms with E-state index in [1.807, 2.05) is 6.92 Å². The fourth-order valence-corrected chi connectivity index (χ4v) is 2.31. The van der Waals surface area contributed by atoms with Crippen LogP contribution in [0.4, 0.5) is 0 Å². The molecule has 0 bridgehead atoms. The number of carbonyl (C=O) groups is 1. The summed E-state index contributed by atoms with van der Waals surface area (Å²) in [6.07, 6.45) is 10.7. The number of hydrogen-bond donors (Lipinski definition) is 0. The van der Waals surface area contributed by atoms with Crippen LogP contribution in [0.1, 0.15) is 65.2 Å². The van der Waals surface area contributed by atoms with Gasteiger partial charge in [0.1, 0.15) is 0 Å². The minimum atomic E-state index is -0.0768. The minimum Gasteiger partial charge on any atom is -0.462 e. The van der Waals surface area contributed by atoms with Crippen LogP contribution in [0.2, 0.25) is 0 Å². The first kappa shape index (κ1) is 18.4. The summed E-state index contributed by atoms with van der Waals surface area (Å²) < 4.78 is 5.75. The molecule has 0 N–H and O–H groups in total. The molecule has 0 aliphatic rings. The first-order valence-electron chi connectivity index (χ1n) is 7.99. The molecule has 0 aromatic rings. The van der Waals surface area contributed by atoms with Gasteiger partial charge in [0.2, 0.25) is 0 Å². The molecule has 3 nitrogen and oxygen atoms in total. The summed E-state index contributed by atoms with van der Waals surface area (Å²) in [6, 6.07) is 0. The van der Waals surface area contributed by atoms with E-state index in [1.165, 1.54) is 51.4 Å². The number of hydrogen-bond acceptors (Lipinski definition) is 2. The lowest BCUT2D eigenvalue weighted by molar-refractivity contribution is -0.883. The van der Waals surface area contributed by atoms with Gasteiger partial charge in [-0.25, -0.2) is 4.79 Å². The number of carbonyl (C=O) groups excluding carboxylic acids is 1. The zero-order valence-electron chi connectivity index (χ0n) is 13.5. The van der Waals surface area contributed by atoms with Gasteiger partial charge in [-0.1, -0.05) is 45.4 Å². The highest BCUT2D eigenvalue weighted by molar-refractivity contribution is 5.70. The summed E-state index contributed by atoms with van der Waals surface area (Å²) in [5.74, 6) is -0.0768. The fourth-order valence-electron chi connectivity index (χ4n) is 2.31. The van der Waals surface area contributed by atoms with Gasteiger partial charge in [0.05, 0.1) is 27.2 Å². The van der Waals surface area contributed by atoms with E-state index in [0.717, 1.165) is 11.0 Å². The summed E-state index contributed by atoms with van der Waals surface area (Å²) in [6.45, 7) is 6.15. The van der Waals surface area contributed by atoms with Crippen LogP contribution in [0, 0.1) is 0 Å². The Morgan fingerprint density at radius 3 is 1.95 bits per heavy atom. The SMILES string of the molecule is CCCCCCCCCC[N+](C)(C)CC(=O)OCC. The van der Waals surface area contributed by atoms with Gasteiger partial charge in [0.15, 0.2) is 6.54 Å². The highest BCUT2D eigenvalue weighted by Gasteiger charge is 2.20. The lowest BCUT2D eigenvalue weighted by Gasteiger charge is -2.28. The number of nitrogens with zero attached hydrogens (tertiary/aromatic N) is 1. The second-order valence-electron chi connectivity index (χ2n) is 6.10. The van der Waals surface area contributed by atoms with Crippen LogP contribution in [0.3, 0.4) is 0 Å². The molecule has 0 atom stereocenters. The Bertz CT molecular complexity index is 227. The van der Waals surface area contributed by atoms with Crippen LogP contribution in [0.15, 0.2) is 0 Å². The van der Waals surface area contributed by atoms with Crippen LogP contribution in [-0.4, -0.2) is 44.2 Å². The monoisotopic (exact) mass is 272 g/mol. The van der Waals surface area contributed by atoms with Gasteiger partial charge >= 0.3 is 5.97 Å². The Kier molecular flexibility index (Phi) is 10.9. The molecule has 0 spiro atoms. The standard InChI is InChI=1S/C16H34NO2/c1-5-7-8-9-10-11-12-13-14-17(3,4)15-16(18)19-6-2/h5-15H2,1-4H3/q+1. The van der Waals surface area contributed by atoms with Gasteiger partial charge in [-0.15, -0.1) is 0 Å². The number of quaternary nitrogens is 1. The first-order chi connectivity index (χ1) is 9.02. The molecule has 0 aromatic carbocycles. The maximum Gasteiger partial charge on any atom is 0.361 e. The van der Waals surface area contributed by atoms with Gasteiger partial charge < -0.3 is 9.22 Å². The van der Waals surface area contributed by atoms with Crippen LogP contribution in [-0.2, 0) is 9.53 Å². The van der Waals surface area contributed by atoms with Gasteiger partial charge in [-0.05, 0) is 19.8 Å². The van der Waals surface area contributed by atoms with E-state index in [-0.39, 0.29) is 5.97 Å². The summed E-state index contributed by atoms with van der Waals surface area (Å²) in [7, 11) is 4.22. The summed E-state index contributed by atoms with van der Waals surface area (Å²) >= 11 is 0. The summed E-state index contributed by atoms with van der Waals surface area (Å²) in [5, 5.41) is 0. The van der Waals surface area contributed by atoms with Crippen molar-refractivity contribution in [2.45, 2.75) is 65.2 Å². The molecular weight excluding hydrogens is 238 g/mol. The lowest BCUT2D eigenvalue weighted by atomic mass is 10.1. The molecule has 0 heterocycles. The molecule has 3 heteroatoms. The fraction of sp³-hybridized carbons (Fsp3) is 0.938. The average Bonchev–Trinajstić information content (AvgIpc) is 2.32. The maximum atomic E-state index is 11.5. The predicted octanol–water partition coefficient (Wildman–Crippen LogP) is 3.77. The Balaban J connectivity index is 3.50. The third-order valence-electron chi connectivity index (χ3n) is 3.48. The van der Waals surface area contributed by atoms with E-state index in [2.05, 4.69) is 21.0 Å². The van der Waals surface area contributed by atoms with Crippen LogP contribution >= 0.6 is 0 Å². The molecule has 0 radical (unpaired) electrons. The molecule has 0 aliphatic carbocycles. The number of unbranched alkanes of at least 4 members (excludes halogenated alkanes) is 7. The molecule has 0 aliphatic heterocycles. The number of esters is 1. The van der Waals surface area contributed by atoms with Gasteiger partial charge in [-0.3, -0.25) is 0 Å². The van der Waals surface area contributed by atoms with Crippen molar-refractivity contribution in [2.24, 2.45) is 0 Å². The van der Waals surface area contributed by atoms with E-state index >= 15 is 0 Å². The Labute approximate surface area is 119 Å². The zero-order valence-corrected chi connectivity index (χ0v) is 13.5. The number of likely N-dealkylation sites (N-methyl/N-ethyl adjacent to an activating group) is 1. The van der Waals surface area contributed by atoms with Crippen molar-refractivity contribution in [2.75, 3.05) is 33.8 Å². The lowest BCUT2D eigenvalue weighted by Crippen LogP contribution is -2.45. The highest BCUT2D eigenvalue weighted by atomic mass is 16.5. The second kappa shape index (κ2) is 11.3. The van der Waals surface area contributed by atoms with Crippen molar-refractivity contribution in [3.05, 3.63) is 0 Å². The van der Waals surface area contributed by atoms with E-state index < -0.39 is 0 Å². The zero-order chi connectivity index (χ0) is 14.6. The van der Waals surface area contributed by atoms with Gasteiger partial charge in [0.25, 0.3) is 0 Å². The van der Waals surface area contributed by atoms with E-state index in [1.54, 1.807) is 0 Å². The molecule has 0 rings (SSSR count). The Morgan fingerprint density at radius 1 is 0.895 bits per heavy atom. The van der Waals surface area contributed by atoms with Crippen molar-refractivity contribution in [3.63, 3.8) is 0 Å². The Morgan fingerprint density at radius 2 is 1.42 bits per heavy atom. The molecule has 0 saturated heterocycles. The Hall–Kier alpha value is -0.570. The third-order valence-corrected chi connectivity index (χ3v) is 3.48. The summed E-state index contributed by atoms with van der Waals surface area (Å²) in [4.78, 5) is 11.5. The van der Waals surface area contributed by atoms with E-state index in [9.17, 15) is 4.79 Å². The van der Waals surface area contributed by atoms with Crippen molar-refractivity contribution < 1.29 is 14.0 Å². The second-order valence-corrected chi connectivity index (χ2v) is 6.10. The van der Waals surface area contributed by atoms with Crippen LogP contribution in [0.5, 0.6) is 0 Å². The predicted molar refractivity (Wildman–Crippen MR) is 81.1 cm³/mol. The normalized spacial score (nSPS) is 11.6. The molecular formula is C16H34NO2+. The van der Waals surface area contributed by atoms with Crippen molar-refractivity contribution >= 4 is 5.97 Å². The van der Waals surface area contributed by atoms with Crippen molar-refractivity contribution in [3.8, 4) is 0 Å². The number of ether oxygens (including phenoxy) is 1. The van der Waals surface area contributed by atoms with Crippen molar-refractivity contribution in [1.82, 2.24) is 0 Å². The third kappa shape index (κ3) is 12.2. The molecule has 0 aromatic heterocycles. The average molecular weight is 272 g/mol. The van der Waals surface area contributed by atoms with Gasteiger partial charge in [-0.2, -0.15) is 0 Å². The van der Waals surface area contributed by atoms with E-state index in [4.69, 9.17) is 4.74 Å². The smallest absolute Gasteiger partial charge is 0.361 e. The number of rotatable bonds is 12. The van der Waals surface area contributed by atoms with Crippen LogP contribution in [0.25, 0.3) is 0 Å². The largest absolute Gasteiger partial charge is 0.462 e. The highest BCUT2D eigenvalue weighted by Crippen LogP contribution is 2.10. The van der Waals surface area contributed by atoms with Gasteiger partial charge in [0, 0.05) is 0 Å². The topological polar surface area (TPSA) is 26.3 Å². The quantitative estimate of drug-likeness (QED) is 0.307. The van der Waals surface area contributed by atoms with Crippen LogP contribution < -0.4 is 0 Å². The molecule has 0 fully saturated rings. The van der Waals surface area contributed by atoms with E-state index in [0.29, 0.717) is 13.2 Å².